The van der Waals surface area contributed by atoms with Gasteiger partial charge in [0.2, 0.25) is 0 Å². The number of rotatable bonds is 6. The zero-order valence-corrected chi connectivity index (χ0v) is 12.5. The summed E-state index contributed by atoms with van der Waals surface area (Å²) in [7, 11) is 0. The van der Waals surface area contributed by atoms with Gasteiger partial charge in [0.25, 0.3) is 0 Å². The highest BCUT2D eigenvalue weighted by Crippen LogP contribution is 2.49. The number of hydrogen-bond acceptors (Lipinski definition) is 1. The fourth-order valence-electron chi connectivity index (χ4n) is 3.57. The third-order valence-corrected chi connectivity index (χ3v) is 5.14. The Bertz CT molecular complexity index is 445. The molecule has 2 aliphatic carbocycles. The first-order chi connectivity index (χ1) is 9.22. The Labute approximate surface area is 117 Å². The van der Waals surface area contributed by atoms with E-state index in [0.717, 1.165) is 0 Å². The van der Waals surface area contributed by atoms with Crippen LogP contribution < -0.4 is 5.32 Å². The van der Waals surface area contributed by atoms with E-state index in [1.165, 1.54) is 57.1 Å². The summed E-state index contributed by atoms with van der Waals surface area (Å²) in [4.78, 5) is 0. The van der Waals surface area contributed by atoms with Gasteiger partial charge in [0, 0.05) is 12.6 Å². The molecule has 19 heavy (non-hydrogen) atoms. The highest BCUT2D eigenvalue weighted by Gasteiger charge is 2.41. The lowest BCUT2D eigenvalue weighted by atomic mass is 9.98. The van der Waals surface area contributed by atoms with Crippen molar-refractivity contribution in [1.29, 1.82) is 0 Å². The van der Waals surface area contributed by atoms with Crippen molar-refractivity contribution in [3.63, 3.8) is 0 Å². The quantitative estimate of drug-likeness (QED) is 0.796. The van der Waals surface area contributed by atoms with Crippen LogP contribution in [-0.4, -0.2) is 6.54 Å². The van der Waals surface area contributed by atoms with Gasteiger partial charge in [0.15, 0.2) is 0 Å². The van der Waals surface area contributed by atoms with Crippen molar-refractivity contribution >= 4 is 0 Å². The maximum atomic E-state index is 3.78. The summed E-state index contributed by atoms with van der Waals surface area (Å²) in [5, 5.41) is 3.78. The molecule has 1 saturated carbocycles. The molecule has 2 aliphatic rings. The molecule has 104 valence electrons. The maximum absolute atomic E-state index is 3.78. The summed E-state index contributed by atoms with van der Waals surface area (Å²) in [6, 6.07) is 7.63. The van der Waals surface area contributed by atoms with E-state index in [1.54, 1.807) is 11.1 Å². The number of benzene rings is 1. The Morgan fingerprint density at radius 1 is 1.21 bits per heavy atom. The minimum atomic E-state index is 0.500. The second-order valence-corrected chi connectivity index (χ2v) is 6.73. The Morgan fingerprint density at radius 2 is 2.00 bits per heavy atom. The smallest absolute Gasteiger partial charge is 0.0292 e. The standard InChI is InChI=1S/C18H27N/c1-3-9-18(10-11-18)13-19-14(2)16-8-7-15-5-4-6-17(15)12-16/h7-8,12,14,19H,3-6,9-11,13H2,1-2H3. The van der Waals surface area contributed by atoms with Gasteiger partial charge in [0.1, 0.15) is 0 Å². The lowest BCUT2D eigenvalue weighted by Gasteiger charge is -2.20. The first-order valence-electron chi connectivity index (χ1n) is 8.07. The molecule has 0 saturated heterocycles. The molecule has 1 nitrogen and oxygen atoms in total. The van der Waals surface area contributed by atoms with E-state index in [2.05, 4.69) is 37.4 Å². The number of fused-ring (bicyclic) bond motifs is 1. The zero-order valence-electron chi connectivity index (χ0n) is 12.5. The summed E-state index contributed by atoms with van der Waals surface area (Å²) in [6.45, 7) is 5.84. The van der Waals surface area contributed by atoms with Crippen molar-refractivity contribution in [2.24, 2.45) is 5.41 Å². The predicted molar refractivity (Wildman–Crippen MR) is 81.5 cm³/mol. The average molecular weight is 257 g/mol. The Balaban J connectivity index is 1.59. The van der Waals surface area contributed by atoms with E-state index in [9.17, 15) is 0 Å². The molecule has 0 aromatic heterocycles. The molecule has 0 aliphatic heterocycles. The van der Waals surface area contributed by atoms with Crippen LogP contribution in [0.3, 0.4) is 0 Å². The van der Waals surface area contributed by atoms with Crippen LogP contribution in [0.5, 0.6) is 0 Å². The minimum Gasteiger partial charge on any atom is -0.310 e. The number of aryl methyl sites for hydroxylation is 2. The average Bonchev–Trinajstić information content (AvgIpc) is 3.02. The van der Waals surface area contributed by atoms with Crippen LogP contribution in [-0.2, 0) is 12.8 Å². The van der Waals surface area contributed by atoms with Gasteiger partial charge in [-0.3, -0.25) is 0 Å². The summed E-state index contributed by atoms with van der Waals surface area (Å²) in [6.07, 6.45) is 9.52. The van der Waals surface area contributed by atoms with E-state index >= 15 is 0 Å². The molecule has 1 heteroatoms. The molecule has 1 aromatic rings. The lowest BCUT2D eigenvalue weighted by molar-refractivity contribution is 0.397. The van der Waals surface area contributed by atoms with Gasteiger partial charge in [-0.05, 0) is 67.6 Å². The Kier molecular flexibility index (Phi) is 3.66. The van der Waals surface area contributed by atoms with E-state index in [-0.39, 0.29) is 0 Å². The fourth-order valence-corrected chi connectivity index (χ4v) is 3.57. The van der Waals surface area contributed by atoms with Gasteiger partial charge >= 0.3 is 0 Å². The minimum absolute atomic E-state index is 0.500. The van der Waals surface area contributed by atoms with Crippen molar-refractivity contribution in [3.05, 3.63) is 34.9 Å². The SMILES string of the molecule is CCCC1(CNC(C)c2ccc3c(c2)CCC3)CC1. The van der Waals surface area contributed by atoms with Crippen LogP contribution in [0, 0.1) is 5.41 Å². The molecule has 0 amide bonds. The highest BCUT2D eigenvalue weighted by atomic mass is 14.9. The third-order valence-electron chi connectivity index (χ3n) is 5.14. The Morgan fingerprint density at radius 3 is 2.74 bits per heavy atom. The van der Waals surface area contributed by atoms with Gasteiger partial charge in [-0.2, -0.15) is 0 Å². The van der Waals surface area contributed by atoms with E-state index < -0.39 is 0 Å². The predicted octanol–water partition coefficient (Wildman–Crippen LogP) is 4.41. The maximum Gasteiger partial charge on any atom is 0.0292 e. The van der Waals surface area contributed by atoms with Gasteiger partial charge in [-0.1, -0.05) is 31.5 Å². The Hall–Kier alpha value is -0.820. The second kappa shape index (κ2) is 5.28. The number of nitrogens with one attached hydrogen (secondary N) is 1. The van der Waals surface area contributed by atoms with E-state index in [0.29, 0.717) is 11.5 Å². The fraction of sp³-hybridized carbons (Fsp3) is 0.667. The van der Waals surface area contributed by atoms with Crippen molar-refractivity contribution in [3.8, 4) is 0 Å². The summed E-state index contributed by atoms with van der Waals surface area (Å²) in [5.74, 6) is 0. The summed E-state index contributed by atoms with van der Waals surface area (Å²) in [5.41, 5.74) is 5.31. The van der Waals surface area contributed by atoms with E-state index in [1.807, 2.05) is 0 Å². The molecule has 0 bridgehead atoms. The van der Waals surface area contributed by atoms with Gasteiger partial charge in [-0.15, -0.1) is 0 Å². The van der Waals surface area contributed by atoms with Crippen molar-refractivity contribution in [2.45, 2.75) is 64.8 Å². The molecule has 1 N–H and O–H groups in total. The van der Waals surface area contributed by atoms with Crippen molar-refractivity contribution in [2.75, 3.05) is 6.54 Å². The molecule has 1 atom stereocenters. The molecular weight excluding hydrogens is 230 g/mol. The van der Waals surface area contributed by atoms with Crippen LogP contribution >= 0.6 is 0 Å². The van der Waals surface area contributed by atoms with Crippen molar-refractivity contribution < 1.29 is 0 Å². The van der Waals surface area contributed by atoms with Gasteiger partial charge < -0.3 is 5.32 Å². The van der Waals surface area contributed by atoms with Crippen LogP contribution in [0.25, 0.3) is 0 Å². The molecule has 3 rings (SSSR count). The van der Waals surface area contributed by atoms with Crippen LogP contribution in [0.2, 0.25) is 0 Å². The molecule has 0 radical (unpaired) electrons. The van der Waals surface area contributed by atoms with Crippen LogP contribution in [0.1, 0.15) is 68.7 Å². The summed E-state index contributed by atoms with van der Waals surface area (Å²) < 4.78 is 0. The topological polar surface area (TPSA) is 12.0 Å². The summed E-state index contributed by atoms with van der Waals surface area (Å²) >= 11 is 0. The third kappa shape index (κ3) is 2.86. The van der Waals surface area contributed by atoms with Gasteiger partial charge in [-0.25, -0.2) is 0 Å². The zero-order chi connectivity index (χ0) is 13.3. The monoisotopic (exact) mass is 257 g/mol. The first-order valence-corrected chi connectivity index (χ1v) is 8.07. The molecule has 0 heterocycles. The van der Waals surface area contributed by atoms with Crippen LogP contribution in [0.15, 0.2) is 18.2 Å². The lowest BCUT2D eigenvalue weighted by Crippen LogP contribution is -2.26. The normalized spacial score (nSPS) is 21.2. The molecular formula is C18H27N. The molecule has 1 fully saturated rings. The van der Waals surface area contributed by atoms with Gasteiger partial charge in [0.05, 0.1) is 0 Å². The second-order valence-electron chi connectivity index (χ2n) is 6.73. The first kappa shape index (κ1) is 13.2. The van der Waals surface area contributed by atoms with Crippen LogP contribution in [0.4, 0.5) is 0 Å². The molecule has 1 unspecified atom stereocenters. The highest BCUT2D eigenvalue weighted by molar-refractivity contribution is 5.36. The molecule has 1 aromatic carbocycles. The largest absolute Gasteiger partial charge is 0.310 e. The van der Waals surface area contributed by atoms with E-state index in [4.69, 9.17) is 0 Å². The number of hydrogen-bond donors (Lipinski definition) is 1. The van der Waals surface area contributed by atoms with Crippen molar-refractivity contribution in [1.82, 2.24) is 5.32 Å². The molecule has 0 spiro atoms.